The molecule has 0 aliphatic heterocycles. The van der Waals surface area contributed by atoms with E-state index in [2.05, 4.69) is 36.6 Å². The molecule has 0 radical (unpaired) electrons. The van der Waals surface area contributed by atoms with Gasteiger partial charge in [0.1, 0.15) is 0 Å². The highest BCUT2D eigenvalue weighted by Crippen LogP contribution is 2.24. The number of likely N-dealkylation sites (N-methyl/N-ethyl adjacent to an activating group) is 1. The Morgan fingerprint density at radius 1 is 1.40 bits per heavy atom. The van der Waals surface area contributed by atoms with Gasteiger partial charge in [0, 0.05) is 19.1 Å². The molecule has 1 fully saturated rings. The van der Waals surface area contributed by atoms with Gasteiger partial charge < -0.3 is 15.5 Å². The monoisotopic (exact) mass is 229 g/mol. The number of hydrogen-bond acceptors (Lipinski definition) is 2. The van der Waals surface area contributed by atoms with Crippen LogP contribution in [0.3, 0.4) is 0 Å². The molecule has 88 valence electrons. The fourth-order valence-corrected chi connectivity index (χ4v) is 2.24. The Hall–Kier alpha value is -0.350. The van der Waals surface area contributed by atoms with E-state index in [4.69, 9.17) is 12.2 Å². The van der Waals surface area contributed by atoms with Crippen molar-refractivity contribution in [3.8, 4) is 0 Å². The van der Waals surface area contributed by atoms with Crippen molar-refractivity contribution in [3.05, 3.63) is 0 Å². The average molecular weight is 229 g/mol. The van der Waals surface area contributed by atoms with Gasteiger partial charge in [-0.15, -0.1) is 0 Å². The zero-order valence-electron chi connectivity index (χ0n) is 10.0. The van der Waals surface area contributed by atoms with Crippen LogP contribution in [0.25, 0.3) is 0 Å². The SMILES string of the molecule is CC1CCC(NC(=S)NCCN(C)C)C1. The molecule has 0 aromatic heterocycles. The first-order valence-electron chi connectivity index (χ1n) is 5.77. The van der Waals surface area contributed by atoms with Gasteiger partial charge in [-0.3, -0.25) is 0 Å². The van der Waals surface area contributed by atoms with Crippen molar-refractivity contribution < 1.29 is 0 Å². The fourth-order valence-electron chi connectivity index (χ4n) is 1.97. The van der Waals surface area contributed by atoms with Crippen LogP contribution in [0.2, 0.25) is 0 Å². The first kappa shape index (κ1) is 12.7. The molecule has 15 heavy (non-hydrogen) atoms. The van der Waals surface area contributed by atoms with Gasteiger partial charge in [-0.1, -0.05) is 6.92 Å². The lowest BCUT2D eigenvalue weighted by molar-refractivity contribution is 0.412. The van der Waals surface area contributed by atoms with Crippen molar-refractivity contribution in [3.63, 3.8) is 0 Å². The molecule has 1 aliphatic carbocycles. The summed E-state index contributed by atoms with van der Waals surface area (Å²) in [5, 5.41) is 7.43. The Bertz CT molecular complexity index is 206. The molecule has 0 aromatic rings. The molecule has 4 heteroatoms. The fraction of sp³-hybridized carbons (Fsp3) is 0.909. The molecule has 0 heterocycles. The van der Waals surface area contributed by atoms with Crippen LogP contribution in [0.1, 0.15) is 26.2 Å². The van der Waals surface area contributed by atoms with Gasteiger partial charge in [0.15, 0.2) is 5.11 Å². The topological polar surface area (TPSA) is 27.3 Å². The van der Waals surface area contributed by atoms with Crippen LogP contribution in [0, 0.1) is 5.92 Å². The largest absolute Gasteiger partial charge is 0.361 e. The third-order valence-corrected chi connectivity index (χ3v) is 3.14. The van der Waals surface area contributed by atoms with Crippen LogP contribution in [0.15, 0.2) is 0 Å². The van der Waals surface area contributed by atoms with Gasteiger partial charge in [0.05, 0.1) is 0 Å². The molecule has 2 N–H and O–H groups in total. The number of nitrogens with one attached hydrogen (secondary N) is 2. The second kappa shape index (κ2) is 6.28. The van der Waals surface area contributed by atoms with Crippen molar-refractivity contribution in [2.45, 2.75) is 32.2 Å². The molecule has 1 aliphatic rings. The molecule has 1 rings (SSSR count). The zero-order valence-corrected chi connectivity index (χ0v) is 10.9. The Morgan fingerprint density at radius 3 is 2.67 bits per heavy atom. The average Bonchev–Trinajstić information content (AvgIpc) is 2.50. The summed E-state index contributed by atoms with van der Waals surface area (Å²) in [5.41, 5.74) is 0. The first-order chi connectivity index (χ1) is 7.08. The molecule has 2 atom stereocenters. The minimum Gasteiger partial charge on any atom is -0.361 e. The number of rotatable bonds is 4. The Labute approximate surface area is 98.6 Å². The Morgan fingerprint density at radius 2 is 2.13 bits per heavy atom. The maximum absolute atomic E-state index is 5.24. The van der Waals surface area contributed by atoms with E-state index in [-0.39, 0.29) is 0 Å². The van der Waals surface area contributed by atoms with E-state index in [0.717, 1.165) is 24.1 Å². The van der Waals surface area contributed by atoms with Crippen molar-refractivity contribution in [1.82, 2.24) is 15.5 Å². The van der Waals surface area contributed by atoms with Crippen LogP contribution in [0.5, 0.6) is 0 Å². The minimum atomic E-state index is 0.597. The number of thiocarbonyl (C=S) groups is 1. The predicted molar refractivity (Wildman–Crippen MR) is 69.1 cm³/mol. The molecule has 0 spiro atoms. The van der Waals surface area contributed by atoms with E-state index in [1.165, 1.54) is 19.3 Å². The van der Waals surface area contributed by atoms with Crippen LogP contribution in [-0.4, -0.2) is 43.2 Å². The second-order valence-corrected chi connectivity index (χ2v) is 5.23. The molecule has 0 bridgehead atoms. The number of hydrogen-bond donors (Lipinski definition) is 2. The highest BCUT2D eigenvalue weighted by atomic mass is 32.1. The van der Waals surface area contributed by atoms with Gasteiger partial charge in [-0.05, 0) is 51.5 Å². The van der Waals surface area contributed by atoms with E-state index in [0.29, 0.717) is 6.04 Å². The lowest BCUT2D eigenvalue weighted by Crippen LogP contribution is -2.42. The summed E-state index contributed by atoms with van der Waals surface area (Å²) in [5.74, 6) is 0.854. The van der Waals surface area contributed by atoms with Crippen molar-refractivity contribution in [2.75, 3.05) is 27.2 Å². The maximum atomic E-state index is 5.24. The van der Waals surface area contributed by atoms with Crippen LogP contribution in [-0.2, 0) is 0 Å². The van der Waals surface area contributed by atoms with Crippen molar-refractivity contribution in [1.29, 1.82) is 0 Å². The van der Waals surface area contributed by atoms with Gasteiger partial charge in [-0.25, -0.2) is 0 Å². The Balaban J connectivity index is 2.08. The quantitative estimate of drug-likeness (QED) is 0.709. The lowest BCUT2D eigenvalue weighted by Gasteiger charge is -2.17. The van der Waals surface area contributed by atoms with E-state index in [1.807, 2.05) is 0 Å². The van der Waals surface area contributed by atoms with Gasteiger partial charge in [0.25, 0.3) is 0 Å². The summed E-state index contributed by atoms with van der Waals surface area (Å²) in [4.78, 5) is 2.15. The maximum Gasteiger partial charge on any atom is 0.166 e. The molecular weight excluding hydrogens is 206 g/mol. The third-order valence-electron chi connectivity index (χ3n) is 2.87. The summed E-state index contributed by atoms with van der Waals surface area (Å²) in [6, 6.07) is 0.597. The van der Waals surface area contributed by atoms with Gasteiger partial charge in [-0.2, -0.15) is 0 Å². The smallest absolute Gasteiger partial charge is 0.166 e. The van der Waals surface area contributed by atoms with Gasteiger partial charge >= 0.3 is 0 Å². The van der Waals surface area contributed by atoms with Gasteiger partial charge in [0.2, 0.25) is 0 Å². The van der Waals surface area contributed by atoms with Crippen molar-refractivity contribution in [2.24, 2.45) is 5.92 Å². The minimum absolute atomic E-state index is 0.597. The standard InChI is InChI=1S/C11H23N3S/c1-9-4-5-10(8-9)13-11(15)12-6-7-14(2)3/h9-10H,4-8H2,1-3H3,(H2,12,13,15). The normalized spacial score (nSPS) is 25.6. The molecule has 0 amide bonds. The molecule has 3 nitrogen and oxygen atoms in total. The highest BCUT2D eigenvalue weighted by Gasteiger charge is 2.21. The Kier molecular flexibility index (Phi) is 5.32. The summed E-state index contributed by atoms with van der Waals surface area (Å²) < 4.78 is 0. The molecular formula is C11H23N3S. The molecule has 2 unspecified atom stereocenters. The predicted octanol–water partition coefficient (Wildman–Crippen LogP) is 1.20. The van der Waals surface area contributed by atoms with E-state index in [1.54, 1.807) is 0 Å². The first-order valence-corrected chi connectivity index (χ1v) is 6.18. The van der Waals surface area contributed by atoms with E-state index < -0.39 is 0 Å². The summed E-state index contributed by atoms with van der Waals surface area (Å²) in [6.45, 7) is 4.24. The van der Waals surface area contributed by atoms with Crippen LogP contribution in [0.4, 0.5) is 0 Å². The molecule has 0 saturated heterocycles. The van der Waals surface area contributed by atoms with E-state index in [9.17, 15) is 0 Å². The summed E-state index contributed by atoms with van der Waals surface area (Å²) in [7, 11) is 4.13. The highest BCUT2D eigenvalue weighted by molar-refractivity contribution is 7.80. The molecule has 1 saturated carbocycles. The third kappa shape index (κ3) is 5.33. The van der Waals surface area contributed by atoms with E-state index >= 15 is 0 Å². The van der Waals surface area contributed by atoms with Crippen LogP contribution < -0.4 is 10.6 Å². The number of nitrogens with zero attached hydrogens (tertiary/aromatic N) is 1. The van der Waals surface area contributed by atoms with Crippen LogP contribution >= 0.6 is 12.2 Å². The molecule has 0 aromatic carbocycles. The second-order valence-electron chi connectivity index (χ2n) is 4.82. The zero-order chi connectivity index (χ0) is 11.3. The lowest BCUT2D eigenvalue weighted by atomic mass is 10.1. The summed E-state index contributed by atoms with van der Waals surface area (Å²) in [6.07, 6.45) is 3.85. The van der Waals surface area contributed by atoms with Crippen molar-refractivity contribution >= 4 is 17.3 Å². The summed E-state index contributed by atoms with van der Waals surface area (Å²) >= 11 is 5.24.